The van der Waals surface area contributed by atoms with Gasteiger partial charge in [-0.05, 0) is 31.9 Å². The summed E-state index contributed by atoms with van der Waals surface area (Å²) in [7, 11) is 3.40. The molecule has 1 aromatic carbocycles. The molecule has 6 nitrogen and oxygen atoms in total. The summed E-state index contributed by atoms with van der Waals surface area (Å²) in [5, 5.41) is 0.918. The van der Waals surface area contributed by atoms with E-state index in [1.807, 2.05) is 19.1 Å². The number of furan rings is 1. The largest absolute Gasteiger partial charge is 0.497 e. The molecular formula is C22H28N2O4. The fourth-order valence-corrected chi connectivity index (χ4v) is 4.68. The summed E-state index contributed by atoms with van der Waals surface area (Å²) >= 11 is 0. The number of aryl methyl sites for hydroxylation is 1. The normalized spacial score (nSPS) is 20.3. The van der Waals surface area contributed by atoms with Gasteiger partial charge in [0.15, 0.2) is 5.76 Å². The third-order valence-electron chi connectivity index (χ3n) is 6.22. The molecule has 150 valence electrons. The molecule has 2 heterocycles. The average molecular weight is 384 g/mol. The van der Waals surface area contributed by atoms with Crippen LogP contribution < -0.4 is 4.74 Å². The minimum absolute atomic E-state index is 0.139. The molecule has 2 fully saturated rings. The molecule has 1 aliphatic heterocycles. The molecule has 1 aromatic heterocycles. The van der Waals surface area contributed by atoms with Crippen molar-refractivity contribution in [2.24, 2.45) is 5.92 Å². The zero-order valence-corrected chi connectivity index (χ0v) is 16.9. The summed E-state index contributed by atoms with van der Waals surface area (Å²) in [4.78, 5) is 29.2. The van der Waals surface area contributed by atoms with Crippen molar-refractivity contribution in [3.63, 3.8) is 0 Å². The van der Waals surface area contributed by atoms with Crippen LogP contribution in [0.4, 0.5) is 0 Å². The molecule has 0 bridgehead atoms. The number of methoxy groups -OCH3 is 1. The Kier molecular flexibility index (Phi) is 5.04. The van der Waals surface area contributed by atoms with E-state index in [1.165, 1.54) is 12.8 Å². The Bertz CT molecular complexity index is 897. The summed E-state index contributed by atoms with van der Waals surface area (Å²) in [6.07, 6.45) is 5.20. The Hall–Kier alpha value is -2.50. The molecule has 4 rings (SSSR count). The second-order valence-electron chi connectivity index (χ2n) is 8.16. The molecule has 1 saturated heterocycles. The second kappa shape index (κ2) is 7.49. The lowest BCUT2D eigenvalue weighted by Gasteiger charge is -2.25. The Morgan fingerprint density at radius 1 is 1.32 bits per heavy atom. The maximum Gasteiger partial charge on any atom is 0.289 e. The first kappa shape index (κ1) is 18.8. The molecule has 2 amide bonds. The average Bonchev–Trinajstić information content (AvgIpc) is 3.40. The first-order chi connectivity index (χ1) is 13.5. The van der Waals surface area contributed by atoms with Crippen LogP contribution in [-0.4, -0.2) is 54.9 Å². The highest BCUT2D eigenvalue weighted by molar-refractivity contribution is 5.99. The predicted molar refractivity (Wildman–Crippen MR) is 107 cm³/mol. The molecule has 2 aliphatic rings. The number of carbonyl (C=O) groups excluding carboxylic acids is 2. The minimum atomic E-state index is -0.139. The van der Waals surface area contributed by atoms with Gasteiger partial charge in [0.1, 0.15) is 11.3 Å². The van der Waals surface area contributed by atoms with Crippen molar-refractivity contribution in [3.05, 3.63) is 29.5 Å². The van der Waals surface area contributed by atoms with Gasteiger partial charge in [-0.1, -0.05) is 12.8 Å². The highest BCUT2D eigenvalue weighted by Gasteiger charge is 2.36. The minimum Gasteiger partial charge on any atom is -0.497 e. The molecule has 1 saturated carbocycles. The van der Waals surface area contributed by atoms with Gasteiger partial charge in [-0.3, -0.25) is 9.59 Å². The quantitative estimate of drug-likeness (QED) is 0.790. The Balaban J connectivity index is 1.46. The molecule has 1 atom stereocenters. The molecule has 0 spiro atoms. The van der Waals surface area contributed by atoms with Gasteiger partial charge in [0.05, 0.1) is 7.11 Å². The van der Waals surface area contributed by atoms with Crippen LogP contribution in [0.25, 0.3) is 11.0 Å². The maximum absolute atomic E-state index is 13.0. The third-order valence-corrected chi connectivity index (χ3v) is 6.22. The monoisotopic (exact) mass is 384 g/mol. The van der Waals surface area contributed by atoms with E-state index in [1.54, 1.807) is 25.1 Å². The van der Waals surface area contributed by atoms with Crippen molar-refractivity contribution in [1.82, 2.24) is 9.80 Å². The van der Waals surface area contributed by atoms with Crippen molar-refractivity contribution in [2.75, 3.05) is 27.2 Å². The molecule has 6 heteroatoms. The van der Waals surface area contributed by atoms with Crippen molar-refractivity contribution in [1.29, 1.82) is 0 Å². The summed E-state index contributed by atoms with van der Waals surface area (Å²) < 4.78 is 11.1. The topological polar surface area (TPSA) is 63.0 Å². The van der Waals surface area contributed by atoms with Gasteiger partial charge in [0.25, 0.3) is 5.91 Å². The molecular weight excluding hydrogens is 356 g/mol. The Morgan fingerprint density at radius 2 is 2.07 bits per heavy atom. The summed E-state index contributed by atoms with van der Waals surface area (Å²) in [6, 6.07) is 5.99. The van der Waals surface area contributed by atoms with Gasteiger partial charge in [-0.25, -0.2) is 0 Å². The highest BCUT2D eigenvalue weighted by Crippen LogP contribution is 2.31. The maximum atomic E-state index is 13.0. The number of benzene rings is 1. The number of nitrogens with zero attached hydrogens (tertiary/aromatic N) is 2. The third kappa shape index (κ3) is 3.36. The van der Waals surface area contributed by atoms with Crippen LogP contribution in [-0.2, 0) is 4.79 Å². The smallest absolute Gasteiger partial charge is 0.289 e. The summed E-state index contributed by atoms with van der Waals surface area (Å²) in [6.45, 7) is 3.23. The van der Waals surface area contributed by atoms with Crippen molar-refractivity contribution in [2.45, 2.75) is 45.1 Å². The lowest BCUT2D eigenvalue weighted by molar-refractivity contribution is -0.129. The van der Waals surface area contributed by atoms with Crippen LogP contribution in [0.2, 0.25) is 0 Å². The number of hydrogen-bond acceptors (Lipinski definition) is 4. The van der Waals surface area contributed by atoms with E-state index in [0.29, 0.717) is 36.1 Å². The molecule has 2 aromatic rings. The number of carbonyl (C=O) groups is 2. The molecule has 1 aliphatic carbocycles. The lowest BCUT2D eigenvalue weighted by atomic mass is 10.1. The molecule has 1 unspecified atom stereocenters. The van der Waals surface area contributed by atoms with Gasteiger partial charge < -0.3 is 19.0 Å². The van der Waals surface area contributed by atoms with Gasteiger partial charge in [-0.15, -0.1) is 0 Å². The van der Waals surface area contributed by atoms with Gasteiger partial charge in [-0.2, -0.15) is 0 Å². The van der Waals surface area contributed by atoms with Gasteiger partial charge in [0, 0.05) is 55.5 Å². The van der Waals surface area contributed by atoms with E-state index in [0.717, 1.165) is 30.3 Å². The van der Waals surface area contributed by atoms with E-state index >= 15 is 0 Å². The van der Waals surface area contributed by atoms with E-state index < -0.39 is 0 Å². The lowest BCUT2D eigenvalue weighted by Crippen LogP contribution is -2.36. The summed E-state index contributed by atoms with van der Waals surface area (Å²) in [5.74, 6) is 1.35. The van der Waals surface area contributed by atoms with Crippen molar-refractivity contribution in [3.8, 4) is 5.75 Å². The zero-order chi connectivity index (χ0) is 19.8. The Labute approximate surface area is 165 Å². The van der Waals surface area contributed by atoms with E-state index in [4.69, 9.17) is 9.15 Å². The predicted octanol–water partition coefficient (Wildman–Crippen LogP) is 3.61. The number of rotatable bonds is 5. The van der Waals surface area contributed by atoms with Gasteiger partial charge >= 0.3 is 0 Å². The highest BCUT2D eigenvalue weighted by atomic mass is 16.5. The van der Waals surface area contributed by atoms with Gasteiger partial charge in [0.2, 0.25) is 5.91 Å². The molecule has 28 heavy (non-hydrogen) atoms. The van der Waals surface area contributed by atoms with Crippen LogP contribution >= 0.6 is 0 Å². The number of amides is 2. The summed E-state index contributed by atoms with van der Waals surface area (Å²) in [5.41, 5.74) is 1.49. The number of hydrogen-bond donors (Lipinski definition) is 0. The Morgan fingerprint density at radius 3 is 2.79 bits per heavy atom. The SMILES string of the molecule is COc1ccc2c(C)c(C(=O)N(C)CC3CC(=O)N(C4CCCC4)C3)oc2c1. The fraction of sp³-hybridized carbons (Fsp3) is 0.545. The van der Waals surface area contributed by atoms with Crippen LogP contribution in [0, 0.1) is 12.8 Å². The second-order valence-corrected chi connectivity index (χ2v) is 8.16. The molecule has 0 N–H and O–H groups in total. The van der Waals surface area contributed by atoms with Crippen LogP contribution in [0.5, 0.6) is 5.75 Å². The van der Waals surface area contributed by atoms with E-state index in [9.17, 15) is 9.59 Å². The number of fused-ring (bicyclic) bond motifs is 1. The fourth-order valence-electron chi connectivity index (χ4n) is 4.68. The number of likely N-dealkylation sites (tertiary alicyclic amines) is 1. The van der Waals surface area contributed by atoms with Crippen molar-refractivity contribution < 1.29 is 18.7 Å². The number of ether oxygens (including phenoxy) is 1. The van der Waals surface area contributed by atoms with Crippen LogP contribution in [0.1, 0.15) is 48.2 Å². The van der Waals surface area contributed by atoms with E-state index in [2.05, 4.69) is 4.90 Å². The zero-order valence-electron chi connectivity index (χ0n) is 16.9. The van der Waals surface area contributed by atoms with Crippen molar-refractivity contribution >= 4 is 22.8 Å². The molecule has 0 radical (unpaired) electrons. The first-order valence-electron chi connectivity index (χ1n) is 10.1. The first-order valence-corrected chi connectivity index (χ1v) is 10.1. The van der Waals surface area contributed by atoms with Crippen LogP contribution in [0.3, 0.4) is 0 Å². The van der Waals surface area contributed by atoms with Crippen LogP contribution in [0.15, 0.2) is 22.6 Å². The standard InChI is InChI=1S/C22H28N2O4/c1-14-18-9-8-17(27-3)11-19(18)28-21(14)22(26)23(2)12-15-10-20(25)24(13-15)16-6-4-5-7-16/h8-9,11,15-16H,4-7,10,12-13H2,1-3H3. The van der Waals surface area contributed by atoms with E-state index in [-0.39, 0.29) is 17.7 Å².